The Morgan fingerprint density at radius 1 is 1.21 bits per heavy atom. The van der Waals surface area contributed by atoms with Crippen molar-refractivity contribution in [2.24, 2.45) is 0 Å². The predicted octanol–water partition coefficient (Wildman–Crippen LogP) is 0.344. The van der Waals surface area contributed by atoms with Gasteiger partial charge in [-0.3, -0.25) is 14.1 Å². The molecule has 158 valence electrons. The summed E-state index contributed by atoms with van der Waals surface area (Å²) >= 11 is 0. The molecular formula is C18H30N4O5S. The molecule has 10 heteroatoms. The minimum Gasteiger partial charge on any atom is -0.356 e. The molecule has 1 aliphatic carbocycles. The average molecular weight is 415 g/mol. The average Bonchev–Trinajstić information content (AvgIpc) is 2.64. The van der Waals surface area contributed by atoms with Gasteiger partial charge in [-0.1, -0.05) is 6.42 Å². The number of fused-ring (bicyclic) bond motifs is 1. The molecule has 2 heterocycles. The highest BCUT2D eigenvalue weighted by Gasteiger charge is 2.19. The van der Waals surface area contributed by atoms with E-state index in [0.717, 1.165) is 55.5 Å². The highest BCUT2D eigenvalue weighted by molar-refractivity contribution is 7.85. The monoisotopic (exact) mass is 414 g/mol. The maximum Gasteiger partial charge on any atom is 0.267 e. The van der Waals surface area contributed by atoms with Gasteiger partial charge in [-0.15, -0.1) is 0 Å². The summed E-state index contributed by atoms with van der Waals surface area (Å²) in [6.45, 7) is 1.79. The van der Waals surface area contributed by atoms with Crippen LogP contribution in [0.2, 0.25) is 0 Å². The maximum atomic E-state index is 12.2. The molecule has 9 nitrogen and oxygen atoms in total. The summed E-state index contributed by atoms with van der Waals surface area (Å²) < 4.78 is 25.9. The smallest absolute Gasteiger partial charge is 0.267 e. The number of hydrogen-bond donors (Lipinski definition) is 4. The molecule has 1 unspecified atom stereocenters. The van der Waals surface area contributed by atoms with Crippen molar-refractivity contribution < 1.29 is 17.8 Å². The molecule has 3 rings (SSSR count). The third-order valence-corrected chi connectivity index (χ3v) is 4.94. The molecule has 0 spiro atoms. The van der Waals surface area contributed by atoms with E-state index in [1.54, 1.807) is 0 Å². The zero-order valence-electron chi connectivity index (χ0n) is 16.3. The Labute approximate surface area is 165 Å². The van der Waals surface area contributed by atoms with Crippen molar-refractivity contribution in [2.45, 2.75) is 63.8 Å². The van der Waals surface area contributed by atoms with E-state index in [2.05, 4.69) is 20.8 Å². The van der Waals surface area contributed by atoms with Crippen LogP contribution in [-0.4, -0.2) is 54.5 Å². The zero-order chi connectivity index (χ0) is 20.6. The van der Waals surface area contributed by atoms with Gasteiger partial charge < -0.3 is 10.6 Å². The summed E-state index contributed by atoms with van der Waals surface area (Å²) in [4.78, 5) is 24.0. The van der Waals surface area contributed by atoms with Gasteiger partial charge in [0.1, 0.15) is 0 Å². The van der Waals surface area contributed by atoms with Gasteiger partial charge in [0.2, 0.25) is 5.91 Å². The van der Waals surface area contributed by atoms with Crippen LogP contribution in [0, 0.1) is 0 Å². The Balaban J connectivity index is 0.000000500. The molecular weight excluding hydrogens is 384 g/mol. The number of carbonyl (C=O) groups is 1. The van der Waals surface area contributed by atoms with Crippen LogP contribution in [-0.2, 0) is 34.2 Å². The van der Waals surface area contributed by atoms with Gasteiger partial charge in [0.15, 0.2) is 0 Å². The lowest BCUT2D eigenvalue weighted by Crippen LogP contribution is -2.38. The summed E-state index contributed by atoms with van der Waals surface area (Å²) in [5.41, 5.74) is 2.49. The number of carbonyl (C=O) groups excluding carboxylic acids is 1. The fourth-order valence-electron chi connectivity index (χ4n) is 3.64. The molecule has 4 N–H and O–H groups in total. The number of nitrogens with zero attached hydrogens (tertiary/aromatic N) is 1. The van der Waals surface area contributed by atoms with Gasteiger partial charge in [0.05, 0.1) is 18.4 Å². The molecule has 28 heavy (non-hydrogen) atoms. The minimum atomic E-state index is -3.67. The molecule has 0 saturated carbocycles. The summed E-state index contributed by atoms with van der Waals surface area (Å²) in [5, 5.41) is 13.1. The Kier molecular flexibility index (Phi) is 8.58. The maximum absolute atomic E-state index is 12.2. The molecule has 1 aliphatic heterocycles. The fraction of sp³-hybridized carbons (Fsp3) is 0.722. The van der Waals surface area contributed by atoms with Crippen LogP contribution in [0.5, 0.6) is 0 Å². The van der Waals surface area contributed by atoms with E-state index in [1.807, 2.05) is 0 Å². The van der Waals surface area contributed by atoms with Crippen molar-refractivity contribution in [3.63, 3.8) is 0 Å². The van der Waals surface area contributed by atoms with Crippen molar-refractivity contribution >= 4 is 16.0 Å². The van der Waals surface area contributed by atoms with E-state index in [0.29, 0.717) is 18.8 Å². The predicted molar refractivity (Wildman–Crippen MR) is 106 cm³/mol. The Hall–Kier alpha value is -1.78. The molecule has 1 aromatic heterocycles. The second kappa shape index (κ2) is 10.7. The number of nitrogens with one attached hydrogen (secondary N) is 3. The SMILES string of the molecule is CS(=O)(=O)O.O=C(Cc1n[nH]c(=O)c2c1CCCC2)NCCC1CCCCN1. The number of hydrogen-bond acceptors (Lipinski definition) is 6. The quantitative estimate of drug-likeness (QED) is 0.509. The Bertz CT molecular complexity index is 808. The molecule has 1 saturated heterocycles. The third-order valence-electron chi connectivity index (χ3n) is 4.94. The third kappa shape index (κ3) is 8.07. The largest absolute Gasteiger partial charge is 0.356 e. The van der Waals surface area contributed by atoms with Gasteiger partial charge in [0.25, 0.3) is 15.7 Å². The summed E-state index contributed by atoms with van der Waals surface area (Å²) in [6.07, 6.45) is 9.46. The normalized spacial score (nSPS) is 19.1. The molecule has 1 aromatic rings. The number of rotatable bonds is 5. The molecule has 1 atom stereocenters. The van der Waals surface area contributed by atoms with Crippen molar-refractivity contribution in [3.8, 4) is 0 Å². The van der Waals surface area contributed by atoms with Gasteiger partial charge in [0, 0.05) is 18.2 Å². The van der Waals surface area contributed by atoms with E-state index >= 15 is 0 Å². The number of aromatic nitrogens is 2. The number of amides is 1. The number of aromatic amines is 1. The Morgan fingerprint density at radius 2 is 1.89 bits per heavy atom. The van der Waals surface area contributed by atoms with E-state index in [-0.39, 0.29) is 17.9 Å². The summed E-state index contributed by atoms with van der Waals surface area (Å²) in [7, 11) is -3.67. The standard InChI is InChI=1S/C17H26N4O2.CH4O3S/c22-16(19-10-8-12-5-3-4-9-18-12)11-15-13-6-1-2-7-14(13)17(23)21-20-15;1-5(2,3)4/h12,18H,1-11H2,(H,19,22)(H,21,23);1H3,(H,2,3,4). The highest BCUT2D eigenvalue weighted by atomic mass is 32.2. The lowest BCUT2D eigenvalue weighted by molar-refractivity contribution is -0.120. The zero-order valence-corrected chi connectivity index (χ0v) is 17.1. The first kappa shape index (κ1) is 22.5. The van der Waals surface area contributed by atoms with Crippen LogP contribution in [0.25, 0.3) is 0 Å². The van der Waals surface area contributed by atoms with Crippen LogP contribution in [0.3, 0.4) is 0 Å². The topological polar surface area (TPSA) is 141 Å². The van der Waals surface area contributed by atoms with Crippen molar-refractivity contribution in [1.82, 2.24) is 20.8 Å². The lowest BCUT2D eigenvalue weighted by atomic mass is 9.91. The molecule has 1 fully saturated rings. The van der Waals surface area contributed by atoms with Crippen LogP contribution in [0.1, 0.15) is 55.3 Å². The van der Waals surface area contributed by atoms with Gasteiger partial charge in [-0.2, -0.15) is 13.5 Å². The molecule has 0 bridgehead atoms. The summed E-state index contributed by atoms with van der Waals surface area (Å²) in [5.74, 6) is -0.00636. The first-order chi connectivity index (χ1) is 13.2. The first-order valence-electron chi connectivity index (χ1n) is 9.76. The van der Waals surface area contributed by atoms with E-state index in [4.69, 9.17) is 4.55 Å². The van der Waals surface area contributed by atoms with E-state index in [1.165, 1.54) is 19.3 Å². The number of H-pyrrole nitrogens is 1. The van der Waals surface area contributed by atoms with Gasteiger partial charge in [-0.25, -0.2) is 5.10 Å². The number of piperidine rings is 1. The minimum absolute atomic E-state index is 0.00636. The van der Waals surface area contributed by atoms with Crippen LogP contribution in [0.4, 0.5) is 0 Å². The second-order valence-corrected chi connectivity index (χ2v) is 8.82. The van der Waals surface area contributed by atoms with E-state index in [9.17, 15) is 18.0 Å². The van der Waals surface area contributed by atoms with Gasteiger partial charge in [-0.05, 0) is 57.1 Å². The highest BCUT2D eigenvalue weighted by Crippen LogP contribution is 2.20. The molecule has 0 aromatic carbocycles. The van der Waals surface area contributed by atoms with E-state index < -0.39 is 10.1 Å². The van der Waals surface area contributed by atoms with Crippen molar-refractivity contribution in [1.29, 1.82) is 0 Å². The van der Waals surface area contributed by atoms with Crippen molar-refractivity contribution in [3.05, 3.63) is 27.2 Å². The first-order valence-corrected chi connectivity index (χ1v) is 11.6. The van der Waals surface area contributed by atoms with Crippen molar-refractivity contribution in [2.75, 3.05) is 19.3 Å². The van der Waals surface area contributed by atoms with Crippen LogP contribution >= 0.6 is 0 Å². The lowest BCUT2D eigenvalue weighted by Gasteiger charge is -2.23. The second-order valence-electron chi connectivity index (χ2n) is 7.36. The van der Waals surface area contributed by atoms with Crippen LogP contribution < -0.4 is 16.2 Å². The summed E-state index contributed by atoms with van der Waals surface area (Å²) in [6, 6.07) is 0.531. The van der Waals surface area contributed by atoms with Crippen LogP contribution in [0.15, 0.2) is 4.79 Å². The molecule has 2 aliphatic rings. The Morgan fingerprint density at radius 3 is 2.54 bits per heavy atom. The fourth-order valence-corrected chi connectivity index (χ4v) is 3.64. The molecule has 0 radical (unpaired) electrons. The molecule has 1 amide bonds. The van der Waals surface area contributed by atoms with Gasteiger partial charge >= 0.3 is 0 Å².